The molecule has 1 heterocycles. The minimum absolute atomic E-state index is 0.379. The Morgan fingerprint density at radius 2 is 2.23 bits per heavy atom. The summed E-state index contributed by atoms with van der Waals surface area (Å²) in [5.41, 5.74) is 0. The summed E-state index contributed by atoms with van der Waals surface area (Å²) in [6.07, 6.45) is -1.01. The molecule has 1 atom stereocenters. The third kappa shape index (κ3) is 2.22. The number of aliphatic hydroxyl groups is 1. The lowest BCUT2D eigenvalue weighted by Gasteiger charge is -2.14. The van der Waals surface area contributed by atoms with Crippen LogP contribution in [0.3, 0.4) is 0 Å². The summed E-state index contributed by atoms with van der Waals surface area (Å²) in [7, 11) is 1.56. The van der Waals surface area contributed by atoms with Crippen molar-refractivity contribution in [1.29, 1.82) is 0 Å². The fourth-order valence-electron chi connectivity index (χ4n) is 0.796. The van der Waals surface area contributed by atoms with Crippen molar-refractivity contribution in [1.82, 2.24) is 10.2 Å². The molecule has 0 bridgehead atoms. The Labute approximate surface area is 80.0 Å². The zero-order valence-electron chi connectivity index (χ0n) is 7.68. The maximum atomic E-state index is 11.3. The van der Waals surface area contributed by atoms with E-state index in [-0.39, 0.29) is 5.91 Å². The first-order valence-corrected chi connectivity index (χ1v) is 4.59. The van der Waals surface area contributed by atoms with E-state index in [1.807, 2.05) is 6.92 Å². The van der Waals surface area contributed by atoms with Crippen LogP contribution >= 0.6 is 11.3 Å². The fourth-order valence-corrected chi connectivity index (χ4v) is 1.45. The highest BCUT2D eigenvalue weighted by molar-refractivity contribution is 7.15. The van der Waals surface area contributed by atoms with Gasteiger partial charge in [-0.05, 0) is 13.8 Å². The molecule has 0 spiro atoms. The summed E-state index contributed by atoms with van der Waals surface area (Å²) in [4.78, 5) is 12.6. The van der Waals surface area contributed by atoms with E-state index in [0.29, 0.717) is 5.13 Å². The first-order chi connectivity index (χ1) is 6.02. The average Bonchev–Trinajstić information content (AvgIpc) is 2.49. The van der Waals surface area contributed by atoms with E-state index in [0.717, 1.165) is 5.01 Å². The Balaban J connectivity index is 2.79. The smallest absolute Gasteiger partial charge is 0.257 e. The van der Waals surface area contributed by atoms with Gasteiger partial charge in [0.15, 0.2) is 0 Å². The average molecular weight is 201 g/mol. The van der Waals surface area contributed by atoms with Crippen molar-refractivity contribution in [2.45, 2.75) is 20.0 Å². The molecule has 0 aromatic carbocycles. The van der Waals surface area contributed by atoms with Crippen molar-refractivity contribution in [3.8, 4) is 0 Å². The number of carbonyl (C=O) groups excluding carboxylic acids is 1. The molecular weight excluding hydrogens is 190 g/mol. The van der Waals surface area contributed by atoms with Gasteiger partial charge in [0.1, 0.15) is 11.1 Å². The molecule has 5 nitrogen and oxygen atoms in total. The predicted molar refractivity (Wildman–Crippen MR) is 49.7 cm³/mol. The summed E-state index contributed by atoms with van der Waals surface area (Å²) < 4.78 is 0. The van der Waals surface area contributed by atoms with E-state index < -0.39 is 6.10 Å². The number of hydrogen-bond acceptors (Lipinski definition) is 5. The van der Waals surface area contributed by atoms with Crippen LogP contribution in [0.4, 0.5) is 5.13 Å². The molecule has 0 aliphatic carbocycles. The molecule has 0 saturated heterocycles. The van der Waals surface area contributed by atoms with Crippen LogP contribution in [-0.4, -0.2) is 34.4 Å². The highest BCUT2D eigenvalue weighted by atomic mass is 32.1. The van der Waals surface area contributed by atoms with Gasteiger partial charge < -0.3 is 5.11 Å². The Bertz CT molecular complexity index is 310. The minimum atomic E-state index is -1.01. The lowest BCUT2D eigenvalue weighted by Crippen LogP contribution is -2.34. The molecule has 72 valence electrons. The predicted octanol–water partition coefficient (Wildman–Crippen LogP) is 0.190. The molecular formula is C7H11N3O2S. The number of aryl methyl sites for hydroxylation is 1. The fraction of sp³-hybridized carbons (Fsp3) is 0.571. The third-order valence-corrected chi connectivity index (χ3v) is 2.41. The molecule has 13 heavy (non-hydrogen) atoms. The Kier molecular flexibility index (Phi) is 2.94. The second-order valence-electron chi connectivity index (χ2n) is 2.68. The lowest BCUT2D eigenvalue weighted by molar-refractivity contribution is -0.125. The number of likely N-dealkylation sites (N-methyl/N-ethyl adjacent to an activating group) is 1. The Hall–Kier alpha value is -1.01. The Morgan fingerprint density at radius 1 is 1.62 bits per heavy atom. The van der Waals surface area contributed by atoms with Crippen LogP contribution in [0.2, 0.25) is 0 Å². The molecule has 0 aliphatic rings. The van der Waals surface area contributed by atoms with Crippen molar-refractivity contribution in [3.63, 3.8) is 0 Å². The molecule has 0 saturated carbocycles. The van der Waals surface area contributed by atoms with Gasteiger partial charge >= 0.3 is 0 Å². The SMILES string of the molecule is Cc1nnc(N(C)C(=O)C(C)O)s1. The van der Waals surface area contributed by atoms with Crippen LogP contribution in [0.15, 0.2) is 0 Å². The van der Waals surface area contributed by atoms with Crippen LogP contribution < -0.4 is 4.90 Å². The van der Waals surface area contributed by atoms with Crippen molar-refractivity contribution >= 4 is 22.4 Å². The van der Waals surface area contributed by atoms with Crippen LogP contribution in [-0.2, 0) is 4.79 Å². The molecule has 0 aliphatic heterocycles. The number of anilines is 1. The molecule has 6 heteroatoms. The van der Waals surface area contributed by atoms with Gasteiger partial charge in [-0.1, -0.05) is 11.3 Å². The van der Waals surface area contributed by atoms with Crippen molar-refractivity contribution < 1.29 is 9.90 Å². The third-order valence-electron chi connectivity index (χ3n) is 1.49. The van der Waals surface area contributed by atoms with E-state index >= 15 is 0 Å². The Morgan fingerprint density at radius 3 is 2.62 bits per heavy atom. The highest BCUT2D eigenvalue weighted by Gasteiger charge is 2.18. The number of nitrogens with zero attached hydrogens (tertiary/aromatic N) is 3. The zero-order chi connectivity index (χ0) is 10.0. The number of carbonyl (C=O) groups is 1. The molecule has 1 rings (SSSR count). The number of aliphatic hydroxyl groups excluding tert-OH is 1. The highest BCUT2D eigenvalue weighted by Crippen LogP contribution is 2.18. The summed E-state index contributed by atoms with van der Waals surface area (Å²) in [6.45, 7) is 3.23. The number of amides is 1. The molecule has 1 aromatic heterocycles. The van der Waals surface area contributed by atoms with Crippen LogP contribution in [0.5, 0.6) is 0 Å². The maximum absolute atomic E-state index is 11.3. The quantitative estimate of drug-likeness (QED) is 0.741. The maximum Gasteiger partial charge on any atom is 0.257 e. The summed E-state index contributed by atoms with van der Waals surface area (Å²) in [5.74, 6) is -0.379. The van der Waals surface area contributed by atoms with Crippen LogP contribution in [0, 0.1) is 6.92 Å². The largest absolute Gasteiger partial charge is 0.384 e. The number of aromatic nitrogens is 2. The first-order valence-electron chi connectivity index (χ1n) is 3.78. The van der Waals surface area contributed by atoms with Crippen molar-refractivity contribution in [2.24, 2.45) is 0 Å². The van der Waals surface area contributed by atoms with Crippen molar-refractivity contribution in [2.75, 3.05) is 11.9 Å². The van der Waals surface area contributed by atoms with E-state index in [1.54, 1.807) is 7.05 Å². The number of hydrogen-bond donors (Lipinski definition) is 1. The monoisotopic (exact) mass is 201 g/mol. The summed E-state index contributed by atoms with van der Waals surface area (Å²) in [6, 6.07) is 0. The van der Waals surface area contributed by atoms with Gasteiger partial charge in [-0.25, -0.2) is 0 Å². The zero-order valence-corrected chi connectivity index (χ0v) is 8.50. The molecule has 1 N–H and O–H groups in total. The summed E-state index contributed by atoms with van der Waals surface area (Å²) in [5, 5.41) is 17.9. The van der Waals surface area contributed by atoms with E-state index in [2.05, 4.69) is 10.2 Å². The van der Waals surface area contributed by atoms with Gasteiger partial charge in [-0.3, -0.25) is 9.69 Å². The lowest BCUT2D eigenvalue weighted by atomic mass is 10.4. The normalized spacial score (nSPS) is 12.6. The van der Waals surface area contributed by atoms with Gasteiger partial charge in [0.05, 0.1) is 0 Å². The van der Waals surface area contributed by atoms with E-state index in [4.69, 9.17) is 5.11 Å². The molecule has 0 fully saturated rings. The second kappa shape index (κ2) is 3.80. The summed E-state index contributed by atoms with van der Waals surface area (Å²) >= 11 is 1.31. The van der Waals surface area contributed by atoms with Gasteiger partial charge in [0.25, 0.3) is 5.91 Å². The standard InChI is InChI=1S/C7H11N3O2S/c1-4(11)6(12)10(3)7-9-8-5(2)13-7/h4,11H,1-3H3. The molecule has 1 amide bonds. The molecule has 1 aromatic rings. The second-order valence-corrected chi connectivity index (χ2v) is 3.84. The van der Waals surface area contributed by atoms with Crippen molar-refractivity contribution in [3.05, 3.63) is 5.01 Å². The topological polar surface area (TPSA) is 66.3 Å². The van der Waals surface area contributed by atoms with E-state index in [9.17, 15) is 4.79 Å². The van der Waals surface area contributed by atoms with Gasteiger partial charge in [-0.15, -0.1) is 10.2 Å². The van der Waals surface area contributed by atoms with Gasteiger partial charge in [0.2, 0.25) is 5.13 Å². The van der Waals surface area contributed by atoms with Crippen LogP contribution in [0.25, 0.3) is 0 Å². The van der Waals surface area contributed by atoms with Crippen LogP contribution in [0.1, 0.15) is 11.9 Å². The number of rotatable bonds is 2. The molecule has 0 radical (unpaired) electrons. The van der Waals surface area contributed by atoms with E-state index in [1.165, 1.54) is 23.2 Å². The molecule has 1 unspecified atom stereocenters. The van der Waals surface area contributed by atoms with Gasteiger partial charge in [-0.2, -0.15) is 0 Å². The van der Waals surface area contributed by atoms with Gasteiger partial charge in [0, 0.05) is 7.05 Å². The first kappa shape index (κ1) is 10.1. The minimum Gasteiger partial charge on any atom is -0.384 e.